The summed E-state index contributed by atoms with van der Waals surface area (Å²) in [5.41, 5.74) is 7.53. The number of rotatable bonds is 4. The van der Waals surface area contributed by atoms with Gasteiger partial charge < -0.3 is 5.11 Å². The lowest BCUT2D eigenvalue weighted by atomic mass is 10.1. The molecule has 35 heavy (non-hydrogen) atoms. The van der Waals surface area contributed by atoms with Crippen LogP contribution in [0.15, 0.2) is 64.6 Å². The highest BCUT2D eigenvalue weighted by Crippen LogP contribution is 2.32. The molecule has 0 radical (unpaired) electrons. The molecule has 0 atom stereocenters. The summed E-state index contributed by atoms with van der Waals surface area (Å²) in [6.07, 6.45) is 0.848. The van der Waals surface area contributed by atoms with Crippen LogP contribution in [0.3, 0.4) is 0 Å². The molecule has 2 heterocycles. The van der Waals surface area contributed by atoms with E-state index in [4.69, 9.17) is 4.99 Å². The Balaban J connectivity index is 1.86. The summed E-state index contributed by atoms with van der Waals surface area (Å²) in [5.74, 6) is -0.341. The molecule has 1 N–H and O–H groups in total. The van der Waals surface area contributed by atoms with Crippen molar-refractivity contribution in [1.29, 1.82) is 0 Å². The maximum atomic E-state index is 13.0. The van der Waals surface area contributed by atoms with E-state index >= 15 is 0 Å². The first-order valence-electron chi connectivity index (χ1n) is 11.7. The van der Waals surface area contributed by atoms with Crippen molar-refractivity contribution in [2.75, 3.05) is 0 Å². The Hall–Kier alpha value is -3.77. The fraction of sp³-hybridized carbons (Fsp3) is 0.207. The second-order valence-electron chi connectivity index (χ2n) is 9.17. The van der Waals surface area contributed by atoms with E-state index in [9.17, 15) is 9.90 Å². The van der Waals surface area contributed by atoms with Crippen molar-refractivity contribution >= 4 is 28.5 Å². The second-order valence-corrected chi connectivity index (χ2v) is 10.2. The Bertz CT molecular complexity index is 1670. The molecule has 1 aromatic heterocycles. The topological polar surface area (TPSA) is 66.9 Å². The largest absolute Gasteiger partial charge is 0.493 e. The van der Waals surface area contributed by atoms with E-state index in [2.05, 4.69) is 24.0 Å². The van der Waals surface area contributed by atoms with Gasteiger partial charge in [0, 0.05) is 5.22 Å². The molecule has 1 aliphatic heterocycles. The van der Waals surface area contributed by atoms with E-state index in [0.717, 1.165) is 50.8 Å². The zero-order valence-electron chi connectivity index (χ0n) is 20.5. The van der Waals surface area contributed by atoms with Gasteiger partial charge in [0.15, 0.2) is 4.80 Å². The van der Waals surface area contributed by atoms with Crippen molar-refractivity contribution in [2.45, 2.75) is 41.0 Å². The van der Waals surface area contributed by atoms with Crippen molar-refractivity contribution in [1.82, 2.24) is 4.57 Å². The van der Waals surface area contributed by atoms with Gasteiger partial charge in [-0.1, -0.05) is 36.5 Å². The standard InChI is InChI=1S/C29H27N3O2S/c1-6-20-7-8-24-23(15-20)25(27(33)31-24)26-28(34)32(22-13-18(4)10-19(5)14-22)29(35-26)30-21-11-16(2)9-17(3)12-21/h7-15,34H,6H2,1-5H3. The molecule has 4 aromatic rings. The molecule has 176 valence electrons. The van der Waals surface area contributed by atoms with E-state index < -0.39 is 0 Å². The first-order chi connectivity index (χ1) is 16.7. The summed E-state index contributed by atoms with van der Waals surface area (Å²) in [5, 5.41) is 13.0. The number of thiazole rings is 1. The average molecular weight is 482 g/mol. The number of nitrogens with zero attached hydrogens (tertiary/aromatic N) is 3. The molecule has 6 heteroatoms. The van der Waals surface area contributed by atoms with Crippen LogP contribution in [0.2, 0.25) is 0 Å². The van der Waals surface area contributed by atoms with Gasteiger partial charge in [0.05, 0.1) is 22.3 Å². The number of aromatic nitrogens is 1. The third kappa shape index (κ3) is 4.26. The summed E-state index contributed by atoms with van der Waals surface area (Å²) in [4.78, 5) is 23.3. The number of carbonyl (C=O) groups excluding carboxylic acids is 1. The molecular formula is C29H27N3O2S. The normalized spacial score (nSPS) is 13.3. The number of fused-ring (bicyclic) bond motifs is 1. The van der Waals surface area contributed by atoms with Crippen LogP contribution in [0.25, 0.3) is 11.3 Å². The van der Waals surface area contributed by atoms with Gasteiger partial charge in [0.2, 0.25) is 5.88 Å². The van der Waals surface area contributed by atoms with E-state index in [1.54, 1.807) is 4.57 Å². The van der Waals surface area contributed by atoms with Crippen molar-refractivity contribution in [3.8, 4) is 11.6 Å². The minimum absolute atomic E-state index is 0.00331. The quantitative estimate of drug-likeness (QED) is 0.462. The number of aryl methyl sites for hydroxylation is 5. The van der Waals surface area contributed by atoms with Crippen LogP contribution in [0.5, 0.6) is 5.88 Å². The monoisotopic (exact) mass is 481 g/mol. The summed E-state index contributed by atoms with van der Waals surface area (Å²) in [7, 11) is 0. The lowest BCUT2D eigenvalue weighted by Crippen LogP contribution is -2.23. The highest BCUT2D eigenvalue weighted by molar-refractivity contribution is 7.11. The minimum atomic E-state index is -0.338. The van der Waals surface area contributed by atoms with Gasteiger partial charge >= 0.3 is 0 Å². The van der Waals surface area contributed by atoms with Crippen LogP contribution < -0.4 is 15.4 Å². The number of benzene rings is 3. The SMILES string of the molecule is CCc1ccc2c(c1)=C(c1sc(=Nc3cc(C)cc(C)c3)n(-c3cc(C)cc(C)c3)c1O)C(=O)N=2. The van der Waals surface area contributed by atoms with Gasteiger partial charge in [-0.15, -0.1) is 0 Å². The van der Waals surface area contributed by atoms with Gasteiger partial charge in [-0.05, 0) is 98.3 Å². The number of hydrogen-bond acceptors (Lipinski definition) is 4. The third-order valence-corrected chi connectivity index (χ3v) is 7.14. The predicted octanol–water partition coefficient (Wildman–Crippen LogP) is 4.63. The Morgan fingerprint density at radius 2 is 1.54 bits per heavy atom. The average Bonchev–Trinajstić information content (AvgIpc) is 3.26. The van der Waals surface area contributed by atoms with Crippen LogP contribution in [0, 0.1) is 27.7 Å². The first-order valence-corrected chi connectivity index (χ1v) is 12.5. The van der Waals surface area contributed by atoms with E-state index in [1.165, 1.54) is 11.3 Å². The van der Waals surface area contributed by atoms with E-state index in [-0.39, 0.29) is 11.8 Å². The molecular weight excluding hydrogens is 454 g/mol. The number of aromatic hydroxyl groups is 1. The number of hydrogen-bond donors (Lipinski definition) is 1. The zero-order chi connectivity index (χ0) is 24.9. The molecule has 3 aromatic carbocycles. The Morgan fingerprint density at radius 3 is 2.17 bits per heavy atom. The number of carbonyl (C=O) groups is 1. The van der Waals surface area contributed by atoms with Gasteiger partial charge in [-0.25, -0.2) is 9.98 Å². The van der Waals surface area contributed by atoms with Gasteiger partial charge in [0.1, 0.15) is 4.88 Å². The summed E-state index contributed by atoms with van der Waals surface area (Å²) >= 11 is 1.31. The molecule has 0 fully saturated rings. The fourth-order valence-electron chi connectivity index (χ4n) is 4.65. The molecule has 0 bridgehead atoms. The second kappa shape index (κ2) is 8.78. The van der Waals surface area contributed by atoms with Crippen molar-refractivity contribution < 1.29 is 9.90 Å². The maximum Gasteiger partial charge on any atom is 0.279 e. The molecule has 5 nitrogen and oxygen atoms in total. The summed E-state index contributed by atoms with van der Waals surface area (Å²) in [6, 6.07) is 18.1. The van der Waals surface area contributed by atoms with Gasteiger partial charge in [-0.3, -0.25) is 9.36 Å². The lowest BCUT2D eigenvalue weighted by molar-refractivity contribution is -0.112. The maximum absolute atomic E-state index is 13.0. The predicted molar refractivity (Wildman–Crippen MR) is 140 cm³/mol. The van der Waals surface area contributed by atoms with Crippen LogP contribution in [-0.2, 0) is 11.2 Å². The van der Waals surface area contributed by atoms with Crippen LogP contribution in [0.1, 0.15) is 39.6 Å². The highest BCUT2D eigenvalue weighted by Gasteiger charge is 2.26. The number of amides is 1. The lowest BCUT2D eigenvalue weighted by Gasteiger charge is -2.09. The van der Waals surface area contributed by atoms with Crippen molar-refractivity contribution in [3.63, 3.8) is 0 Å². The molecule has 0 saturated heterocycles. The molecule has 0 saturated carbocycles. The van der Waals surface area contributed by atoms with Crippen molar-refractivity contribution in [2.24, 2.45) is 9.98 Å². The van der Waals surface area contributed by atoms with Gasteiger partial charge in [-0.2, -0.15) is 0 Å². The Kier molecular flexibility index (Phi) is 5.77. The molecule has 1 amide bonds. The van der Waals surface area contributed by atoms with Crippen LogP contribution >= 0.6 is 11.3 Å². The Labute approximate surface area is 208 Å². The molecule has 0 spiro atoms. The van der Waals surface area contributed by atoms with Crippen LogP contribution in [-0.4, -0.2) is 15.6 Å². The minimum Gasteiger partial charge on any atom is -0.493 e. The first kappa shape index (κ1) is 23.0. The van der Waals surface area contributed by atoms with Crippen LogP contribution in [0.4, 0.5) is 5.69 Å². The molecule has 1 aliphatic rings. The van der Waals surface area contributed by atoms with E-state index in [1.807, 2.05) is 70.2 Å². The molecule has 0 unspecified atom stereocenters. The zero-order valence-corrected chi connectivity index (χ0v) is 21.3. The smallest absolute Gasteiger partial charge is 0.279 e. The fourth-order valence-corrected chi connectivity index (χ4v) is 5.75. The Morgan fingerprint density at radius 1 is 0.914 bits per heavy atom. The molecule has 0 aliphatic carbocycles. The highest BCUT2D eigenvalue weighted by atomic mass is 32.1. The van der Waals surface area contributed by atoms with E-state index in [0.29, 0.717) is 20.6 Å². The molecule has 5 rings (SSSR count). The summed E-state index contributed by atoms with van der Waals surface area (Å²) in [6.45, 7) is 10.2. The van der Waals surface area contributed by atoms with Gasteiger partial charge in [0.25, 0.3) is 5.91 Å². The van der Waals surface area contributed by atoms with Crippen molar-refractivity contribution in [3.05, 3.63) is 103 Å². The third-order valence-electron chi connectivity index (χ3n) is 6.10. The summed E-state index contributed by atoms with van der Waals surface area (Å²) < 4.78 is 1.74.